The lowest BCUT2D eigenvalue weighted by molar-refractivity contribution is -0.150. The minimum atomic E-state index is -4.54. The molecule has 1 amide bonds. The van der Waals surface area contributed by atoms with Crippen molar-refractivity contribution in [2.75, 3.05) is 13.1 Å². The molecule has 0 radical (unpaired) electrons. The fraction of sp³-hybridized carbons (Fsp3) is 0.480. The van der Waals surface area contributed by atoms with Gasteiger partial charge in [-0.05, 0) is 48.1 Å². The Kier molecular flexibility index (Phi) is 6.84. The van der Waals surface area contributed by atoms with E-state index in [0.717, 1.165) is 18.9 Å². The molecule has 2 aliphatic rings. The van der Waals surface area contributed by atoms with E-state index in [0.29, 0.717) is 31.0 Å². The Morgan fingerprint density at radius 2 is 1.66 bits per heavy atom. The normalized spacial score (nSPS) is 18.9. The van der Waals surface area contributed by atoms with Crippen molar-refractivity contribution in [3.8, 4) is 0 Å². The highest BCUT2D eigenvalue weighted by atomic mass is 19.4. The van der Waals surface area contributed by atoms with Gasteiger partial charge in [-0.25, -0.2) is 4.39 Å². The summed E-state index contributed by atoms with van der Waals surface area (Å²) in [6, 6.07) is 10.6. The van der Waals surface area contributed by atoms with Crippen LogP contribution in [0.5, 0.6) is 0 Å². The van der Waals surface area contributed by atoms with Crippen molar-refractivity contribution in [1.82, 2.24) is 4.90 Å². The molecule has 3 nitrogen and oxygen atoms in total. The number of rotatable bonds is 6. The van der Waals surface area contributed by atoms with Gasteiger partial charge in [-0.1, -0.05) is 49.6 Å². The van der Waals surface area contributed by atoms with E-state index in [1.807, 2.05) is 0 Å². The number of hydrogen-bond acceptors (Lipinski definition) is 2. The van der Waals surface area contributed by atoms with Crippen LogP contribution in [-0.4, -0.2) is 30.0 Å². The molecule has 1 saturated carbocycles. The number of nitrogens with zero attached hydrogens (tertiary/aromatic N) is 1. The molecule has 32 heavy (non-hydrogen) atoms. The van der Waals surface area contributed by atoms with Gasteiger partial charge in [0.1, 0.15) is 11.9 Å². The van der Waals surface area contributed by atoms with Gasteiger partial charge in [0.25, 0.3) is 0 Å². The number of hydrogen-bond donors (Lipinski definition) is 0. The molecule has 1 atom stereocenters. The van der Waals surface area contributed by atoms with Crippen LogP contribution in [0.4, 0.5) is 17.6 Å². The molecule has 0 spiro atoms. The van der Waals surface area contributed by atoms with Gasteiger partial charge in [-0.2, -0.15) is 13.2 Å². The maximum Gasteiger partial charge on any atom is 0.416 e. The second kappa shape index (κ2) is 9.61. The van der Waals surface area contributed by atoms with Crippen LogP contribution in [0.25, 0.3) is 0 Å². The number of ether oxygens (including phenoxy) is 1. The molecule has 0 bridgehead atoms. The molecule has 1 unspecified atom stereocenters. The first-order chi connectivity index (χ1) is 15.3. The molecule has 7 heteroatoms. The van der Waals surface area contributed by atoms with Crippen LogP contribution >= 0.6 is 0 Å². The summed E-state index contributed by atoms with van der Waals surface area (Å²) >= 11 is 0. The number of benzene rings is 2. The lowest BCUT2D eigenvalue weighted by Crippen LogP contribution is -2.55. The Balaban J connectivity index is 1.47. The van der Waals surface area contributed by atoms with Crippen molar-refractivity contribution in [3.63, 3.8) is 0 Å². The fourth-order valence-electron chi connectivity index (χ4n) is 4.64. The summed E-state index contributed by atoms with van der Waals surface area (Å²) in [6.07, 6.45) is 0.347. The molecular weight excluding hydrogens is 422 g/mol. The summed E-state index contributed by atoms with van der Waals surface area (Å²) in [5, 5.41) is 0. The predicted octanol–water partition coefficient (Wildman–Crippen LogP) is 6.13. The lowest BCUT2D eigenvalue weighted by atomic mass is 9.86. The molecular formula is C25H27F4NO2. The number of amides is 1. The molecule has 1 aliphatic carbocycles. The van der Waals surface area contributed by atoms with Crippen LogP contribution in [0, 0.1) is 11.7 Å². The van der Waals surface area contributed by atoms with Gasteiger partial charge >= 0.3 is 6.18 Å². The second-order valence-electron chi connectivity index (χ2n) is 8.78. The third-order valence-electron chi connectivity index (χ3n) is 6.44. The fourth-order valence-corrected chi connectivity index (χ4v) is 4.64. The topological polar surface area (TPSA) is 29.5 Å². The summed E-state index contributed by atoms with van der Waals surface area (Å²) in [4.78, 5) is 14.3. The van der Waals surface area contributed by atoms with Gasteiger partial charge in [0.05, 0.1) is 11.7 Å². The zero-order valence-corrected chi connectivity index (χ0v) is 17.8. The highest BCUT2D eigenvalue weighted by Gasteiger charge is 2.39. The highest BCUT2D eigenvalue weighted by molar-refractivity contribution is 5.77. The smallest absolute Gasteiger partial charge is 0.362 e. The standard InChI is InChI=1S/C25H27F4NO2/c26-19-12-10-18(11-13-19)24(21-8-4-5-9-22(21)25(27,28)29)32-20-15-30(16-20)23(31)14-17-6-2-1-3-7-17/h4-5,8-13,17,20,24H,1-3,6-7,14-16H2. The van der Waals surface area contributed by atoms with Gasteiger partial charge in [-0.3, -0.25) is 4.79 Å². The van der Waals surface area contributed by atoms with Crippen LogP contribution in [0.15, 0.2) is 48.5 Å². The van der Waals surface area contributed by atoms with E-state index in [-0.39, 0.29) is 17.6 Å². The summed E-state index contributed by atoms with van der Waals surface area (Å²) in [5.41, 5.74) is -0.354. The molecule has 2 aromatic rings. The van der Waals surface area contributed by atoms with E-state index in [1.54, 1.807) is 4.90 Å². The van der Waals surface area contributed by atoms with Crippen molar-refractivity contribution < 1.29 is 27.1 Å². The quantitative estimate of drug-likeness (QED) is 0.497. The maximum absolute atomic E-state index is 13.6. The van der Waals surface area contributed by atoms with E-state index >= 15 is 0 Å². The van der Waals surface area contributed by atoms with E-state index in [1.165, 1.54) is 61.7 Å². The average molecular weight is 449 g/mol. The zero-order chi connectivity index (χ0) is 22.7. The summed E-state index contributed by atoms with van der Waals surface area (Å²) in [6.45, 7) is 0.717. The Bertz CT molecular complexity index is 916. The first kappa shape index (κ1) is 22.8. The van der Waals surface area contributed by atoms with E-state index in [4.69, 9.17) is 4.74 Å². The lowest BCUT2D eigenvalue weighted by Gasteiger charge is -2.41. The third kappa shape index (κ3) is 5.31. The first-order valence-electron chi connectivity index (χ1n) is 11.2. The third-order valence-corrected chi connectivity index (χ3v) is 6.44. The van der Waals surface area contributed by atoms with Crippen molar-refractivity contribution in [3.05, 3.63) is 71.0 Å². The molecule has 4 rings (SSSR count). The Labute approximate surface area is 185 Å². The number of carbonyl (C=O) groups is 1. The number of carbonyl (C=O) groups excluding carboxylic acids is 1. The molecule has 2 aromatic carbocycles. The van der Waals surface area contributed by atoms with Crippen molar-refractivity contribution >= 4 is 5.91 Å². The number of alkyl halides is 3. The largest absolute Gasteiger partial charge is 0.416 e. The summed E-state index contributed by atoms with van der Waals surface area (Å²) < 4.78 is 60.4. The Morgan fingerprint density at radius 1 is 1.00 bits per heavy atom. The van der Waals surface area contributed by atoms with Crippen LogP contribution < -0.4 is 0 Å². The van der Waals surface area contributed by atoms with Gasteiger partial charge in [0.2, 0.25) is 5.91 Å². The van der Waals surface area contributed by atoms with Crippen LogP contribution in [-0.2, 0) is 15.7 Å². The molecule has 1 aliphatic heterocycles. The van der Waals surface area contributed by atoms with Crippen LogP contribution in [0.1, 0.15) is 61.3 Å². The van der Waals surface area contributed by atoms with Crippen molar-refractivity contribution in [2.45, 2.75) is 56.9 Å². The maximum atomic E-state index is 13.6. The van der Waals surface area contributed by atoms with Gasteiger partial charge in [0.15, 0.2) is 0 Å². The average Bonchev–Trinajstić information content (AvgIpc) is 2.74. The second-order valence-corrected chi connectivity index (χ2v) is 8.78. The summed E-state index contributed by atoms with van der Waals surface area (Å²) in [5.74, 6) is 0.0485. The van der Waals surface area contributed by atoms with Crippen molar-refractivity contribution in [1.29, 1.82) is 0 Å². The van der Waals surface area contributed by atoms with Crippen LogP contribution in [0.2, 0.25) is 0 Å². The molecule has 1 heterocycles. The zero-order valence-electron chi connectivity index (χ0n) is 17.8. The first-order valence-corrected chi connectivity index (χ1v) is 11.2. The van der Waals surface area contributed by atoms with Gasteiger partial charge in [0, 0.05) is 19.5 Å². The summed E-state index contributed by atoms with van der Waals surface area (Å²) in [7, 11) is 0. The minimum Gasteiger partial charge on any atom is -0.362 e. The Morgan fingerprint density at radius 3 is 2.31 bits per heavy atom. The molecule has 0 aromatic heterocycles. The van der Waals surface area contributed by atoms with Gasteiger partial charge < -0.3 is 9.64 Å². The molecule has 1 saturated heterocycles. The monoisotopic (exact) mass is 449 g/mol. The molecule has 0 N–H and O–H groups in total. The molecule has 2 fully saturated rings. The van der Waals surface area contributed by atoms with E-state index in [9.17, 15) is 22.4 Å². The highest BCUT2D eigenvalue weighted by Crippen LogP contribution is 2.39. The SMILES string of the molecule is O=C(CC1CCCCC1)N1CC(OC(c2ccc(F)cc2)c2ccccc2C(F)(F)F)C1. The number of likely N-dealkylation sites (tertiary alicyclic amines) is 1. The Hall–Kier alpha value is -2.41. The van der Waals surface area contributed by atoms with E-state index < -0.39 is 23.7 Å². The number of halogens is 4. The van der Waals surface area contributed by atoms with Crippen LogP contribution in [0.3, 0.4) is 0 Å². The minimum absolute atomic E-state index is 0.0152. The predicted molar refractivity (Wildman–Crippen MR) is 112 cm³/mol. The van der Waals surface area contributed by atoms with Crippen molar-refractivity contribution in [2.24, 2.45) is 5.92 Å². The molecule has 172 valence electrons. The van der Waals surface area contributed by atoms with E-state index in [2.05, 4.69) is 0 Å². The van der Waals surface area contributed by atoms with Gasteiger partial charge in [-0.15, -0.1) is 0 Å².